The van der Waals surface area contributed by atoms with E-state index in [-0.39, 0.29) is 0 Å². The van der Waals surface area contributed by atoms with Crippen molar-refractivity contribution >= 4 is 17.4 Å². The van der Waals surface area contributed by atoms with Crippen LogP contribution in [0, 0.1) is 10.7 Å². The fourth-order valence-electron chi connectivity index (χ4n) is 1.38. The Labute approximate surface area is 100 Å². The number of methoxy groups -OCH3 is 1. The third-order valence-electron chi connectivity index (χ3n) is 2.13. The highest BCUT2D eigenvalue weighted by atomic mass is 32.2. The molecule has 84 valence electrons. The van der Waals surface area contributed by atoms with Crippen molar-refractivity contribution in [1.82, 2.24) is 0 Å². The van der Waals surface area contributed by atoms with Crippen LogP contribution in [0.2, 0.25) is 0 Å². The van der Waals surface area contributed by atoms with E-state index in [1.165, 1.54) is 0 Å². The Morgan fingerprint density at radius 2 is 2.38 bits per heavy atom. The van der Waals surface area contributed by atoms with Crippen LogP contribution >= 0.6 is 11.8 Å². The maximum atomic E-state index is 8.63. The Kier molecular flexibility index (Phi) is 4.74. The monoisotopic (exact) mass is 234 g/mol. The molecule has 1 aromatic rings. The lowest BCUT2D eigenvalue weighted by Gasteiger charge is -2.20. The minimum Gasteiger partial charge on any atom is -0.495 e. The van der Waals surface area contributed by atoms with Gasteiger partial charge in [0.05, 0.1) is 12.8 Å². The second kappa shape index (κ2) is 6.09. The molecule has 4 heteroatoms. The van der Waals surface area contributed by atoms with Crippen LogP contribution in [0.15, 0.2) is 35.7 Å². The molecule has 0 aromatic heterocycles. The number of hydrogen-bond acceptors (Lipinski definition) is 4. The Balaban J connectivity index is 3.06. The average molecular weight is 234 g/mol. The van der Waals surface area contributed by atoms with Crippen LogP contribution in [0.3, 0.4) is 0 Å². The van der Waals surface area contributed by atoms with Crippen LogP contribution in [0.4, 0.5) is 5.69 Å². The molecule has 0 atom stereocenters. The summed E-state index contributed by atoms with van der Waals surface area (Å²) in [6, 6.07) is 5.68. The first-order chi connectivity index (χ1) is 7.72. The number of likely N-dealkylation sites (N-methyl/N-ethyl adjacent to an activating group) is 1. The molecule has 0 aliphatic heterocycles. The summed E-state index contributed by atoms with van der Waals surface area (Å²) < 4.78 is 5.28. The zero-order valence-electron chi connectivity index (χ0n) is 9.43. The van der Waals surface area contributed by atoms with Crippen LogP contribution < -0.4 is 9.64 Å². The molecule has 0 spiro atoms. The van der Waals surface area contributed by atoms with Crippen LogP contribution in [-0.2, 0) is 0 Å². The molecule has 0 amide bonds. The molecule has 16 heavy (non-hydrogen) atoms. The average Bonchev–Trinajstić information content (AvgIpc) is 2.30. The van der Waals surface area contributed by atoms with Gasteiger partial charge in [0.2, 0.25) is 0 Å². The molecule has 0 radical (unpaired) electrons. The van der Waals surface area contributed by atoms with Gasteiger partial charge in [-0.05, 0) is 30.0 Å². The van der Waals surface area contributed by atoms with Gasteiger partial charge < -0.3 is 9.64 Å². The van der Waals surface area contributed by atoms with E-state index >= 15 is 0 Å². The summed E-state index contributed by atoms with van der Waals surface area (Å²) in [7, 11) is 3.60. The lowest BCUT2D eigenvalue weighted by Crippen LogP contribution is -2.17. The predicted molar refractivity (Wildman–Crippen MR) is 67.9 cm³/mol. The molecule has 0 fully saturated rings. The summed E-state index contributed by atoms with van der Waals surface area (Å²) in [6.07, 6.45) is 1.82. The first-order valence-electron chi connectivity index (χ1n) is 4.79. The van der Waals surface area contributed by atoms with Crippen molar-refractivity contribution in [3.05, 3.63) is 30.9 Å². The molecular weight excluding hydrogens is 220 g/mol. The van der Waals surface area contributed by atoms with Gasteiger partial charge in [-0.2, -0.15) is 5.26 Å². The zero-order valence-corrected chi connectivity index (χ0v) is 10.3. The standard InChI is InChI=1S/C12H14N2OS/c1-4-7-14(2)11-8-10(16-9-13)5-6-12(11)15-3/h4-6,8H,1,7H2,2-3H3. The van der Waals surface area contributed by atoms with Crippen molar-refractivity contribution in [2.24, 2.45) is 0 Å². The summed E-state index contributed by atoms with van der Waals surface area (Å²) in [4.78, 5) is 2.93. The highest BCUT2D eigenvalue weighted by Gasteiger charge is 2.08. The maximum Gasteiger partial charge on any atom is 0.142 e. The van der Waals surface area contributed by atoms with Crippen molar-refractivity contribution in [2.45, 2.75) is 4.90 Å². The first-order valence-corrected chi connectivity index (χ1v) is 5.60. The molecule has 0 N–H and O–H groups in total. The number of thioether (sulfide) groups is 1. The van der Waals surface area contributed by atoms with E-state index < -0.39 is 0 Å². The Morgan fingerprint density at radius 3 is 2.94 bits per heavy atom. The summed E-state index contributed by atoms with van der Waals surface area (Å²) in [5, 5.41) is 10.7. The Hall–Kier alpha value is -1.60. The topological polar surface area (TPSA) is 36.3 Å². The predicted octanol–water partition coefficient (Wildman–Crippen LogP) is 2.89. The van der Waals surface area contributed by atoms with Crippen LogP contribution in [-0.4, -0.2) is 20.7 Å². The summed E-state index contributed by atoms with van der Waals surface area (Å²) >= 11 is 1.14. The van der Waals surface area contributed by atoms with E-state index in [4.69, 9.17) is 10.00 Å². The normalized spacial score (nSPS) is 9.31. The highest BCUT2D eigenvalue weighted by molar-refractivity contribution is 8.03. The molecule has 1 rings (SSSR count). The largest absolute Gasteiger partial charge is 0.495 e. The highest BCUT2D eigenvalue weighted by Crippen LogP contribution is 2.31. The van der Waals surface area contributed by atoms with Gasteiger partial charge in [0.25, 0.3) is 0 Å². The lowest BCUT2D eigenvalue weighted by atomic mass is 10.2. The van der Waals surface area contributed by atoms with E-state index in [1.54, 1.807) is 7.11 Å². The van der Waals surface area contributed by atoms with E-state index in [9.17, 15) is 0 Å². The van der Waals surface area contributed by atoms with Crippen LogP contribution in [0.1, 0.15) is 0 Å². The number of ether oxygens (including phenoxy) is 1. The third kappa shape index (κ3) is 2.94. The minimum absolute atomic E-state index is 0.733. The number of benzene rings is 1. The Bertz CT molecular complexity index is 412. The number of nitrogens with zero attached hydrogens (tertiary/aromatic N) is 2. The molecule has 0 saturated carbocycles. The van der Waals surface area contributed by atoms with Crippen molar-refractivity contribution < 1.29 is 4.74 Å². The number of thiocyanates is 1. The maximum absolute atomic E-state index is 8.63. The van der Waals surface area contributed by atoms with Gasteiger partial charge in [-0.3, -0.25) is 0 Å². The lowest BCUT2D eigenvalue weighted by molar-refractivity contribution is 0.415. The minimum atomic E-state index is 0.733. The van der Waals surface area contributed by atoms with Crippen LogP contribution in [0.5, 0.6) is 5.75 Å². The van der Waals surface area contributed by atoms with E-state index in [0.29, 0.717) is 0 Å². The summed E-state index contributed by atoms with van der Waals surface area (Å²) in [5.41, 5.74) is 0.961. The molecule has 0 aliphatic carbocycles. The zero-order chi connectivity index (χ0) is 12.0. The molecule has 0 saturated heterocycles. The SMILES string of the molecule is C=CCN(C)c1cc(SC#N)ccc1OC. The van der Waals surface area contributed by atoms with Crippen molar-refractivity contribution in [3.8, 4) is 11.2 Å². The Morgan fingerprint density at radius 1 is 1.62 bits per heavy atom. The van der Waals surface area contributed by atoms with E-state index in [2.05, 4.69) is 12.0 Å². The second-order valence-corrected chi connectivity index (χ2v) is 4.05. The molecule has 1 aromatic carbocycles. The summed E-state index contributed by atoms with van der Waals surface area (Å²) in [5.74, 6) is 0.798. The van der Waals surface area contributed by atoms with Gasteiger partial charge in [-0.1, -0.05) is 6.08 Å². The molecule has 0 aliphatic rings. The molecule has 3 nitrogen and oxygen atoms in total. The molecule has 0 heterocycles. The fourth-order valence-corrected chi connectivity index (χ4v) is 1.79. The quantitative estimate of drug-likeness (QED) is 0.446. The van der Waals surface area contributed by atoms with Gasteiger partial charge in [0, 0.05) is 18.5 Å². The van der Waals surface area contributed by atoms with Crippen LogP contribution in [0.25, 0.3) is 0 Å². The van der Waals surface area contributed by atoms with Gasteiger partial charge in [0.1, 0.15) is 11.2 Å². The van der Waals surface area contributed by atoms with E-state index in [1.807, 2.05) is 36.2 Å². The smallest absolute Gasteiger partial charge is 0.142 e. The molecule has 0 bridgehead atoms. The van der Waals surface area contributed by atoms with Gasteiger partial charge in [-0.25, -0.2) is 0 Å². The fraction of sp³-hybridized carbons (Fsp3) is 0.250. The van der Waals surface area contributed by atoms with Crippen molar-refractivity contribution in [1.29, 1.82) is 5.26 Å². The van der Waals surface area contributed by atoms with Crippen molar-refractivity contribution in [2.75, 3.05) is 25.6 Å². The summed E-state index contributed by atoms with van der Waals surface area (Å²) in [6.45, 7) is 4.43. The van der Waals surface area contributed by atoms with Gasteiger partial charge in [-0.15, -0.1) is 6.58 Å². The van der Waals surface area contributed by atoms with Gasteiger partial charge >= 0.3 is 0 Å². The first kappa shape index (κ1) is 12.5. The number of anilines is 1. The molecular formula is C12H14N2OS. The number of nitriles is 1. The molecule has 0 unspecified atom stereocenters. The third-order valence-corrected chi connectivity index (χ3v) is 2.71. The van der Waals surface area contributed by atoms with E-state index in [0.717, 1.165) is 34.6 Å². The van der Waals surface area contributed by atoms with Gasteiger partial charge in [0.15, 0.2) is 0 Å². The second-order valence-electron chi connectivity index (χ2n) is 3.20. The van der Waals surface area contributed by atoms with Crippen molar-refractivity contribution in [3.63, 3.8) is 0 Å². The number of hydrogen-bond donors (Lipinski definition) is 0. The number of rotatable bonds is 5.